The lowest BCUT2D eigenvalue weighted by molar-refractivity contribution is -0.401. The third-order valence-corrected chi connectivity index (χ3v) is 11.3. The van der Waals surface area contributed by atoms with Gasteiger partial charge in [0.2, 0.25) is 17.5 Å². The van der Waals surface area contributed by atoms with Gasteiger partial charge in [-0.25, -0.2) is 8.96 Å². The first kappa shape index (κ1) is 46.2. The molecule has 2 aliphatic rings. The molecule has 0 saturated heterocycles. The molecule has 5 rings (SSSR count). The molecule has 0 unspecified atom stereocenters. The Labute approximate surface area is 348 Å². The van der Waals surface area contributed by atoms with Crippen LogP contribution in [0.3, 0.4) is 0 Å². The van der Waals surface area contributed by atoms with Crippen molar-refractivity contribution < 1.29 is 49.8 Å². The van der Waals surface area contributed by atoms with Crippen LogP contribution < -0.4 is 32.5 Å². The number of alkyl halides is 1. The van der Waals surface area contributed by atoms with Gasteiger partial charge in [-0.2, -0.15) is 4.58 Å². The Hall–Kier alpha value is -4.54. The summed E-state index contributed by atoms with van der Waals surface area (Å²) in [6.45, 7) is 9.51. The van der Waals surface area contributed by atoms with Crippen LogP contribution in [0.5, 0.6) is 5.75 Å². The van der Waals surface area contributed by atoms with E-state index in [4.69, 9.17) is 9.79 Å². The molecule has 3 aromatic rings. The van der Waals surface area contributed by atoms with E-state index in [1.807, 2.05) is 0 Å². The monoisotopic (exact) mass is 834 g/mol. The van der Waals surface area contributed by atoms with Gasteiger partial charge < -0.3 is 32.5 Å². The summed E-state index contributed by atoms with van der Waals surface area (Å²) >= 11 is 0. The van der Waals surface area contributed by atoms with Crippen LogP contribution in [0.15, 0.2) is 103 Å². The zero-order valence-electron chi connectivity index (χ0n) is 34.1. The highest BCUT2D eigenvalue weighted by atomic mass is 35.5. The number of nitrogens with zero attached hydrogens (tertiary/aromatic N) is 2. The van der Waals surface area contributed by atoms with Crippen LogP contribution in [-0.2, 0) is 31.7 Å². The number of allylic oxidation sites excluding steroid dienone is 6. The third-order valence-electron chi connectivity index (χ3n) is 10.9. The molecule has 0 atom stereocenters. The van der Waals surface area contributed by atoms with Crippen LogP contribution in [0.2, 0.25) is 0 Å². The number of halogens is 2. The number of carbonyl (C=O) groups excluding carboxylic acids is 2. The van der Waals surface area contributed by atoms with Crippen molar-refractivity contribution in [3.05, 3.63) is 119 Å². The Morgan fingerprint density at radius 1 is 0.845 bits per heavy atom. The highest BCUT2D eigenvalue weighted by Gasteiger charge is 2.42. The maximum Gasteiger partial charge on any atom is 0.524 e. The fourth-order valence-corrected chi connectivity index (χ4v) is 8.31. The normalized spacial score (nSPS) is 16.1. The minimum Gasteiger partial charge on any atom is -1.00 e. The van der Waals surface area contributed by atoms with Crippen LogP contribution in [0.1, 0.15) is 95.8 Å². The Bertz CT molecular complexity index is 2110. The number of benzene rings is 3. The van der Waals surface area contributed by atoms with E-state index in [0.717, 1.165) is 38.6 Å². The Morgan fingerprint density at radius 2 is 1.52 bits per heavy atom. The van der Waals surface area contributed by atoms with E-state index in [9.17, 15) is 18.5 Å². The molecule has 312 valence electrons. The van der Waals surface area contributed by atoms with Crippen molar-refractivity contribution >= 4 is 42.4 Å². The molecular weight excluding hydrogens is 778 g/mol. The van der Waals surface area contributed by atoms with Gasteiger partial charge in [0.25, 0.3) is 0 Å². The summed E-state index contributed by atoms with van der Waals surface area (Å²) in [6.07, 6.45) is 16.4. The molecule has 10 nitrogen and oxygen atoms in total. The Balaban J connectivity index is 0.00000744. The number of phosphoric acid groups is 1. The molecule has 0 radical (unpaired) electrons. The maximum absolute atomic E-state index is 13.3. The van der Waals surface area contributed by atoms with Crippen molar-refractivity contribution in [1.29, 1.82) is 0 Å². The minimum absolute atomic E-state index is 0. The van der Waals surface area contributed by atoms with Gasteiger partial charge in [-0.15, -0.1) is 0 Å². The second-order valence-corrected chi connectivity index (χ2v) is 16.9. The Kier molecular flexibility index (Phi) is 16.3. The van der Waals surface area contributed by atoms with Gasteiger partial charge in [-0.1, -0.05) is 81.3 Å². The molecule has 0 spiro atoms. The van der Waals surface area contributed by atoms with E-state index in [-0.39, 0.29) is 52.8 Å². The predicted molar refractivity (Wildman–Crippen MR) is 226 cm³/mol. The van der Waals surface area contributed by atoms with E-state index in [1.54, 1.807) is 0 Å². The van der Waals surface area contributed by atoms with Crippen molar-refractivity contribution in [1.82, 2.24) is 5.32 Å². The fourth-order valence-electron chi connectivity index (χ4n) is 7.88. The third kappa shape index (κ3) is 11.6. The topological polar surface area (TPSA) is 131 Å². The number of unbranched alkanes of at least 4 members (excludes halogenated alkanes) is 4. The van der Waals surface area contributed by atoms with E-state index in [0.29, 0.717) is 25.1 Å². The van der Waals surface area contributed by atoms with Gasteiger partial charge in [0, 0.05) is 71.7 Å². The molecular formula is C45H57ClFN4O6P. The second kappa shape index (κ2) is 20.4. The lowest BCUT2D eigenvalue weighted by Crippen LogP contribution is -3.00. The highest BCUT2D eigenvalue weighted by molar-refractivity contribution is 7.46. The minimum atomic E-state index is -4.83. The molecule has 2 aliphatic heterocycles. The van der Waals surface area contributed by atoms with Crippen molar-refractivity contribution in [2.24, 2.45) is 0 Å². The lowest BCUT2D eigenvalue weighted by atomic mass is 9.81. The standard InChI is InChI=1S/C45H56FN4O6P.ClH/c1-44(2)35-19-13-15-21-37(35)49(5)40(44)23-9-6-10-24-41-45(3,4)36-20-14-16-22-38(36)50(41)30-18-8-12-25-42(51)47-29-17-7-11-26-43(52)48-34-27-28-39(33(31-34)32-46)56-57(53,54)55;/h6,9-10,13-16,19-24,27-28,31H,7-8,11-12,17-18,25-26,29-30,32H2,1-5H3,(H3-,47,48,51,52,53,54,55);1H. The first-order valence-electron chi connectivity index (χ1n) is 19.8. The van der Waals surface area contributed by atoms with E-state index >= 15 is 0 Å². The summed E-state index contributed by atoms with van der Waals surface area (Å²) in [5.41, 5.74) is 7.71. The highest BCUT2D eigenvalue weighted by Crippen LogP contribution is 2.48. The molecule has 4 N–H and O–H groups in total. The quantitative estimate of drug-likeness (QED) is 0.0483. The van der Waals surface area contributed by atoms with E-state index in [2.05, 4.69) is 138 Å². The summed E-state index contributed by atoms with van der Waals surface area (Å²) < 4.78 is 31.2. The first-order chi connectivity index (χ1) is 27.1. The molecule has 2 heterocycles. The van der Waals surface area contributed by atoms with Crippen LogP contribution in [0.4, 0.5) is 21.5 Å². The molecule has 0 aromatic heterocycles. The van der Waals surface area contributed by atoms with Gasteiger partial charge in [0.1, 0.15) is 19.5 Å². The van der Waals surface area contributed by atoms with Crippen molar-refractivity contribution in [2.75, 3.05) is 30.4 Å². The van der Waals surface area contributed by atoms with Crippen LogP contribution in [0.25, 0.3) is 0 Å². The van der Waals surface area contributed by atoms with Crippen molar-refractivity contribution in [3.63, 3.8) is 0 Å². The smallest absolute Gasteiger partial charge is 0.524 e. The first-order valence-corrected chi connectivity index (χ1v) is 21.3. The number of phosphoric ester groups is 1. The molecule has 58 heavy (non-hydrogen) atoms. The average molecular weight is 835 g/mol. The van der Waals surface area contributed by atoms with Gasteiger partial charge in [0.15, 0.2) is 5.71 Å². The summed E-state index contributed by atoms with van der Waals surface area (Å²) in [5.74, 6) is -0.507. The van der Waals surface area contributed by atoms with Crippen molar-refractivity contribution in [3.8, 4) is 5.75 Å². The van der Waals surface area contributed by atoms with Crippen molar-refractivity contribution in [2.45, 2.75) is 96.6 Å². The molecule has 2 amide bonds. The summed E-state index contributed by atoms with van der Waals surface area (Å²) in [6, 6.07) is 21.1. The molecule has 0 saturated carbocycles. The van der Waals surface area contributed by atoms with Gasteiger partial charge >= 0.3 is 7.82 Å². The number of amides is 2. The number of rotatable bonds is 19. The van der Waals surface area contributed by atoms with Gasteiger partial charge in [-0.3, -0.25) is 19.4 Å². The molecule has 0 fully saturated rings. The summed E-state index contributed by atoms with van der Waals surface area (Å²) in [7, 11) is -2.70. The molecule has 13 heteroatoms. The number of anilines is 2. The van der Waals surface area contributed by atoms with Gasteiger partial charge in [-0.05, 0) is 75.4 Å². The molecule has 0 bridgehead atoms. The van der Waals surface area contributed by atoms with Crippen LogP contribution >= 0.6 is 7.82 Å². The zero-order chi connectivity index (χ0) is 41.2. The fraction of sp³-hybridized carbons (Fsp3) is 0.400. The van der Waals surface area contributed by atoms with E-state index < -0.39 is 14.5 Å². The number of fused-ring (bicyclic) bond motifs is 2. The number of carbonyl (C=O) groups is 2. The number of nitrogens with one attached hydrogen (secondary N) is 2. The van der Waals surface area contributed by atoms with Crippen LogP contribution in [0, 0.1) is 0 Å². The number of hydrogen-bond donors (Lipinski definition) is 4. The number of hydrogen-bond acceptors (Lipinski definition) is 5. The van der Waals surface area contributed by atoms with E-state index in [1.165, 1.54) is 52.1 Å². The predicted octanol–water partition coefficient (Wildman–Crippen LogP) is 6.31. The maximum atomic E-state index is 13.3. The van der Waals surface area contributed by atoms with Crippen LogP contribution in [-0.4, -0.2) is 52.0 Å². The molecule has 3 aromatic carbocycles. The van der Waals surface area contributed by atoms with Gasteiger partial charge in [0.05, 0.1) is 5.41 Å². The largest absolute Gasteiger partial charge is 1.00 e. The Morgan fingerprint density at radius 3 is 2.22 bits per heavy atom. The number of para-hydroxylation sites is 2. The second-order valence-electron chi connectivity index (χ2n) is 15.7. The molecule has 0 aliphatic carbocycles. The SMILES string of the molecule is C[N+]1=C(C=CC=CC=C2N(CCCCCC(=O)NCCCCCC(=O)Nc3ccc(OP(=O)(O)O)c(CF)c3)c3ccccc3C2(C)C)C(C)(C)c2ccccc21.[Cl-]. The summed E-state index contributed by atoms with van der Waals surface area (Å²) in [5, 5.41) is 5.66. The average Bonchev–Trinajstić information content (AvgIpc) is 3.50. The lowest BCUT2D eigenvalue weighted by Gasteiger charge is -2.27. The summed E-state index contributed by atoms with van der Waals surface area (Å²) in [4.78, 5) is 45.3. The zero-order valence-corrected chi connectivity index (χ0v) is 35.8.